The average molecular weight is 379 g/mol. The van der Waals surface area contributed by atoms with Crippen LogP contribution in [0.1, 0.15) is 41.6 Å². The van der Waals surface area contributed by atoms with Gasteiger partial charge in [-0.25, -0.2) is 4.98 Å². The van der Waals surface area contributed by atoms with Crippen LogP contribution >= 0.6 is 0 Å². The lowest BCUT2D eigenvalue weighted by atomic mass is 10.1. The molecule has 3 aromatic rings. The Labute approximate surface area is 163 Å². The van der Waals surface area contributed by atoms with Crippen LogP contribution in [0.5, 0.6) is 5.75 Å². The molecule has 146 valence electrons. The van der Waals surface area contributed by atoms with Gasteiger partial charge in [0.15, 0.2) is 0 Å². The van der Waals surface area contributed by atoms with E-state index in [1.54, 1.807) is 6.20 Å². The van der Waals surface area contributed by atoms with Gasteiger partial charge in [-0.1, -0.05) is 12.1 Å². The van der Waals surface area contributed by atoms with Gasteiger partial charge in [0.05, 0.1) is 6.04 Å². The van der Waals surface area contributed by atoms with E-state index in [0.29, 0.717) is 6.42 Å². The van der Waals surface area contributed by atoms with Gasteiger partial charge in [-0.05, 0) is 49.1 Å². The number of aliphatic hydroxyl groups is 2. The zero-order valence-corrected chi connectivity index (χ0v) is 15.8. The summed E-state index contributed by atoms with van der Waals surface area (Å²) in [5, 5.41) is 22.5. The van der Waals surface area contributed by atoms with Crippen molar-refractivity contribution in [3.63, 3.8) is 0 Å². The van der Waals surface area contributed by atoms with Crippen LogP contribution in [0, 0.1) is 6.92 Å². The molecule has 0 bridgehead atoms. The first-order valence-corrected chi connectivity index (χ1v) is 9.87. The highest BCUT2D eigenvalue weighted by molar-refractivity contribution is 5.79. The molecule has 2 aliphatic rings. The first-order chi connectivity index (χ1) is 13.5. The number of hydrogen-bond donors (Lipinski definition) is 3. The lowest BCUT2D eigenvalue weighted by molar-refractivity contribution is -0.0166. The Morgan fingerprint density at radius 1 is 1.18 bits per heavy atom. The molecule has 2 aromatic heterocycles. The van der Waals surface area contributed by atoms with Crippen LogP contribution in [0.3, 0.4) is 0 Å². The van der Waals surface area contributed by atoms with E-state index >= 15 is 0 Å². The molecule has 0 unspecified atom stereocenters. The summed E-state index contributed by atoms with van der Waals surface area (Å²) in [5.74, 6) is 0.728. The van der Waals surface area contributed by atoms with Crippen LogP contribution in [0.15, 0.2) is 42.7 Å². The Hall–Kier alpha value is -2.41. The largest absolute Gasteiger partial charge is 0.487 e. The molecule has 28 heavy (non-hydrogen) atoms. The lowest BCUT2D eigenvalue weighted by Gasteiger charge is -2.21. The molecule has 2 heterocycles. The average Bonchev–Trinajstić information content (AvgIpc) is 3.36. The second kappa shape index (κ2) is 6.58. The van der Waals surface area contributed by atoms with Gasteiger partial charge in [-0.3, -0.25) is 0 Å². The Morgan fingerprint density at radius 3 is 2.89 bits per heavy atom. The van der Waals surface area contributed by atoms with Gasteiger partial charge < -0.3 is 25.3 Å². The molecule has 5 rings (SSSR count). The number of ether oxygens (including phenoxy) is 1. The normalized spacial score (nSPS) is 29.4. The fourth-order valence-corrected chi connectivity index (χ4v) is 4.77. The monoisotopic (exact) mass is 379 g/mol. The van der Waals surface area contributed by atoms with E-state index in [1.807, 2.05) is 42.0 Å². The number of nitrogens with zero attached hydrogens (tertiary/aromatic N) is 2. The number of aliphatic hydroxyl groups excluding tert-OH is 2. The fraction of sp³-hybridized carbons (Fsp3) is 0.409. The molecule has 0 radical (unpaired) electrons. The minimum absolute atomic E-state index is 0.0361. The molecule has 1 fully saturated rings. The Bertz CT molecular complexity index is 1030. The van der Waals surface area contributed by atoms with Gasteiger partial charge >= 0.3 is 0 Å². The maximum absolute atomic E-state index is 10.7. The fourth-order valence-electron chi connectivity index (χ4n) is 4.77. The maximum Gasteiger partial charge on any atom is 0.140 e. The highest BCUT2D eigenvalue weighted by Gasteiger charge is 2.44. The summed E-state index contributed by atoms with van der Waals surface area (Å²) >= 11 is 0. The standard InChI is InChI=1S/C22H25N3O3/c1-12-7-9-24-22-14(12)8-10-25(22)16-11-18(21(27)20(16)26)28-17-4-2-3-13-5-6-15(23)19(13)17/h2-4,7-10,15-16,18,20-21,26-27H,5-6,11,23H2,1H3/t15-,16-,18+,20+,21-/m1/s1. The minimum Gasteiger partial charge on any atom is -0.487 e. The number of benzene rings is 1. The molecule has 1 saturated carbocycles. The van der Waals surface area contributed by atoms with Crippen LogP contribution in [0.2, 0.25) is 0 Å². The van der Waals surface area contributed by atoms with Crippen LogP contribution in [0.4, 0.5) is 0 Å². The van der Waals surface area contributed by atoms with Crippen molar-refractivity contribution < 1.29 is 14.9 Å². The molecule has 5 atom stereocenters. The van der Waals surface area contributed by atoms with Crippen molar-refractivity contribution in [3.05, 3.63) is 59.4 Å². The molecule has 0 saturated heterocycles. The number of rotatable bonds is 3. The number of aryl methyl sites for hydroxylation is 2. The number of pyridine rings is 1. The van der Waals surface area contributed by atoms with E-state index in [1.165, 1.54) is 5.56 Å². The van der Waals surface area contributed by atoms with Gasteiger partial charge in [0.1, 0.15) is 29.7 Å². The number of aromatic nitrogens is 2. The van der Waals surface area contributed by atoms with Crippen molar-refractivity contribution in [1.82, 2.24) is 9.55 Å². The van der Waals surface area contributed by atoms with E-state index in [0.717, 1.165) is 40.8 Å². The minimum atomic E-state index is -0.972. The predicted molar refractivity (Wildman–Crippen MR) is 106 cm³/mol. The molecule has 0 amide bonds. The third kappa shape index (κ3) is 2.64. The predicted octanol–water partition coefficient (Wildman–Crippen LogP) is 2.40. The van der Waals surface area contributed by atoms with Gasteiger partial charge in [0.25, 0.3) is 0 Å². The third-order valence-corrected chi connectivity index (χ3v) is 6.32. The lowest BCUT2D eigenvalue weighted by Crippen LogP contribution is -2.34. The van der Waals surface area contributed by atoms with E-state index in [-0.39, 0.29) is 12.1 Å². The van der Waals surface area contributed by atoms with Crippen molar-refractivity contribution >= 4 is 11.0 Å². The number of nitrogens with two attached hydrogens (primary N) is 1. The molecule has 0 spiro atoms. The molecule has 0 aliphatic heterocycles. The summed E-state index contributed by atoms with van der Waals surface area (Å²) in [4.78, 5) is 4.49. The SMILES string of the molecule is Cc1ccnc2c1ccn2[C@@H]1C[C@H](Oc2cccc3c2[C@H](N)CC3)[C@@H](O)[C@H]1O. The Morgan fingerprint density at radius 2 is 2.04 bits per heavy atom. The highest BCUT2D eigenvalue weighted by Crippen LogP contribution is 2.40. The summed E-state index contributed by atoms with van der Waals surface area (Å²) in [6, 6.07) is 9.60. The topological polar surface area (TPSA) is 93.5 Å². The van der Waals surface area contributed by atoms with Crippen LogP contribution in [-0.4, -0.2) is 38.1 Å². The number of fused-ring (bicyclic) bond motifs is 2. The molecule has 6 nitrogen and oxygen atoms in total. The van der Waals surface area contributed by atoms with Crippen molar-refractivity contribution in [2.75, 3.05) is 0 Å². The zero-order chi connectivity index (χ0) is 19.4. The van der Waals surface area contributed by atoms with E-state index < -0.39 is 18.3 Å². The van der Waals surface area contributed by atoms with E-state index in [2.05, 4.69) is 11.1 Å². The van der Waals surface area contributed by atoms with Crippen LogP contribution in [0.25, 0.3) is 11.0 Å². The molecule has 4 N–H and O–H groups in total. The van der Waals surface area contributed by atoms with Gasteiger partial charge in [-0.2, -0.15) is 0 Å². The zero-order valence-electron chi connectivity index (χ0n) is 15.8. The molecule has 2 aliphatic carbocycles. The third-order valence-electron chi connectivity index (χ3n) is 6.32. The second-order valence-corrected chi connectivity index (χ2v) is 8.00. The molecule has 1 aromatic carbocycles. The smallest absolute Gasteiger partial charge is 0.140 e. The summed E-state index contributed by atoms with van der Waals surface area (Å²) in [5.41, 5.74) is 10.5. The molecule has 6 heteroatoms. The first-order valence-electron chi connectivity index (χ1n) is 9.87. The summed E-state index contributed by atoms with van der Waals surface area (Å²) in [6.07, 6.45) is 3.68. The summed E-state index contributed by atoms with van der Waals surface area (Å²) < 4.78 is 8.17. The van der Waals surface area contributed by atoms with E-state index in [4.69, 9.17) is 10.5 Å². The van der Waals surface area contributed by atoms with E-state index in [9.17, 15) is 10.2 Å². The van der Waals surface area contributed by atoms with Crippen molar-refractivity contribution in [2.45, 2.75) is 56.6 Å². The van der Waals surface area contributed by atoms with Crippen molar-refractivity contribution in [1.29, 1.82) is 0 Å². The highest BCUT2D eigenvalue weighted by atomic mass is 16.5. The maximum atomic E-state index is 10.7. The Balaban J connectivity index is 1.45. The Kier molecular flexibility index (Phi) is 4.16. The summed E-state index contributed by atoms with van der Waals surface area (Å²) in [7, 11) is 0. The van der Waals surface area contributed by atoms with Crippen molar-refractivity contribution in [3.8, 4) is 5.75 Å². The van der Waals surface area contributed by atoms with Crippen LogP contribution < -0.4 is 10.5 Å². The quantitative estimate of drug-likeness (QED) is 0.650. The molecular formula is C22H25N3O3. The second-order valence-electron chi connectivity index (χ2n) is 8.00. The van der Waals surface area contributed by atoms with Crippen LogP contribution in [-0.2, 0) is 6.42 Å². The first kappa shape index (κ1) is 17.7. The summed E-state index contributed by atoms with van der Waals surface area (Å²) in [6.45, 7) is 2.04. The van der Waals surface area contributed by atoms with Gasteiger partial charge in [0.2, 0.25) is 0 Å². The molecular weight excluding hydrogens is 354 g/mol. The van der Waals surface area contributed by atoms with Gasteiger partial charge in [-0.15, -0.1) is 0 Å². The number of hydrogen-bond acceptors (Lipinski definition) is 5. The van der Waals surface area contributed by atoms with Gasteiger partial charge in [0, 0.05) is 35.8 Å². The van der Waals surface area contributed by atoms with Crippen molar-refractivity contribution in [2.24, 2.45) is 5.73 Å².